The molecule has 1 aromatic carbocycles. The first kappa shape index (κ1) is 17.1. The van der Waals surface area contributed by atoms with Crippen LogP contribution >= 0.6 is 0 Å². The fourth-order valence-electron chi connectivity index (χ4n) is 0.666. The summed E-state index contributed by atoms with van der Waals surface area (Å²) in [6.45, 7) is 0. The SMILES string of the molecule is O=S(=O)(O)C(F)(F)F.[K][C]#Cc1ccccc1. The van der Waals surface area contributed by atoms with E-state index in [0.717, 1.165) is 5.56 Å². The first-order valence-electron chi connectivity index (χ1n) is 4.20. The molecule has 0 radical (unpaired) electrons. The Hall–Kier alpha value is 0.116. The Morgan fingerprint density at radius 1 is 1.18 bits per heavy atom. The van der Waals surface area contributed by atoms with Gasteiger partial charge in [0.15, 0.2) is 0 Å². The summed E-state index contributed by atoms with van der Waals surface area (Å²) < 4.78 is 60.6. The van der Waals surface area contributed by atoms with Crippen LogP contribution in [0.1, 0.15) is 5.56 Å². The molecule has 3 nitrogen and oxygen atoms in total. The molecule has 1 N–H and O–H groups in total. The number of halogens is 3. The van der Waals surface area contributed by atoms with Gasteiger partial charge in [-0.3, -0.25) is 4.55 Å². The number of alkyl halides is 3. The maximum atomic E-state index is 10.7. The zero-order valence-corrected chi connectivity index (χ0v) is 12.6. The van der Waals surface area contributed by atoms with Crippen molar-refractivity contribution in [3.63, 3.8) is 0 Å². The predicted molar refractivity (Wildman–Crippen MR) is 56.7 cm³/mol. The van der Waals surface area contributed by atoms with Crippen molar-refractivity contribution in [3.05, 3.63) is 35.9 Å². The van der Waals surface area contributed by atoms with Crippen molar-refractivity contribution in [1.29, 1.82) is 0 Å². The summed E-state index contributed by atoms with van der Waals surface area (Å²) in [5.74, 6) is 3.04. The van der Waals surface area contributed by atoms with E-state index in [1.54, 1.807) is 0 Å². The molecule has 0 aliphatic rings. The Labute approximate surface area is 131 Å². The van der Waals surface area contributed by atoms with E-state index in [1.807, 2.05) is 30.3 Å². The number of hydrogen-bond acceptors (Lipinski definition) is 2. The third kappa shape index (κ3) is 7.94. The summed E-state index contributed by atoms with van der Waals surface area (Å²) in [6.07, 6.45) is 0. The third-order valence-corrected chi connectivity index (χ3v) is 2.31. The van der Waals surface area contributed by atoms with E-state index in [-0.39, 0.29) is 0 Å². The van der Waals surface area contributed by atoms with Crippen molar-refractivity contribution in [2.45, 2.75) is 5.51 Å². The van der Waals surface area contributed by atoms with Gasteiger partial charge in [-0.25, -0.2) is 0 Å². The van der Waals surface area contributed by atoms with Crippen LogP contribution in [0.3, 0.4) is 0 Å². The van der Waals surface area contributed by atoms with Gasteiger partial charge in [0.05, 0.1) is 0 Å². The van der Waals surface area contributed by atoms with E-state index in [4.69, 9.17) is 13.0 Å². The Kier molecular flexibility index (Phi) is 7.58. The molecule has 8 heteroatoms. The minimum absolute atomic E-state index is 0.656. The summed E-state index contributed by atoms with van der Waals surface area (Å²) >= 11 is 0.656. The molecule has 0 saturated heterocycles. The van der Waals surface area contributed by atoms with Gasteiger partial charge in [-0.05, 0) is 0 Å². The van der Waals surface area contributed by atoms with Crippen molar-refractivity contribution < 1.29 is 26.1 Å². The van der Waals surface area contributed by atoms with E-state index in [0.29, 0.717) is 49.0 Å². The van der Waals surface area contributed by atoms with E-state index in [2.05, 4.69) is 5.94 Å². The first-order chi connectivity index (χ1) is 7.68. The minimum atomic E-state index is -5.84. The van der Waals surface area contributed by atoms with Gasteiger partial charge >= 0.3 is 106 Å². The third-order valence-electron chi connectivity index (χ3n) is 1.34. The average Bonchev–Trinajstić information content (AvgIpc) is 2.17. The molecule has 0 unspecified atom stereocenters. The number of benzene rings is 1. The maximum absolute atomic E-state index is 10.7. The molecule has 0 aliphatic carbocycles. The van der Waals surface area contributed by atoms with Gasteiger partial charge in [-0.1, -0.05) is 0 Å². The van der Waals surface area contributed by atoms with Gasteiger partial charge in [0.1, 0.15) is 0 Å². The van der Waals surface area contributed by atoms with Gasteiger partial charge in [-0.15, -0.1) is 0 Å². The van der Waals surface area contributed by atoms with Crippen molar-refractivity contribution in [2.24, 2.45) is 0 Å². The van der Waals surface area contributed by atoms with Gasteiger partial charge in [-0.2, -0.15) is 21.6 Å². The summed E-state index contributed by atoms with van der Waals surface area (Å²) in [6, 6.07) is 10.1. The van der Waals surface area contributed by atoms with Gasteiger partial charge in [0.2, 0.25) is 0 Å². The van der Waals surface area contributed by atoms with Crippen molar-refractivity contribution in [2.75, 3.05) is 0 Å². The molecule has 0 bridgehead atoms. The summed E-state index contributed by atoms with van der Waals surface area (Å²) in [4.78, 5) is 0. The zero-order chi connectivity index (χ0) is 13.5. The normalized spacial score (nSPS) is 10.7. The zero-order valence-electron chi connectivity index (χ0n) is 8.69. The quantitative estimate of drug-likeness (QED) is 0.341. The van der Waals surface area contributed by atoms with Crippen LogP contribution in [-0.2, 0) is 10.1 Å². The number of hydrogen-bond donors (Lipinski definition) is 1. The van der Waals surface area contributed by atoms with Crippen LogP contribution in [0.2, 0.25) is 0 Å². The van der Waals surface area contributed by atoms with Crippen molar-refractivity contribution in [3.8, 4) is 5.94 Å². The van der Waals surface area contributed by atoms with Gasteiger partial charge < -0.3 is 0 Å². The molecule has 0 heterocycles. The predicted octanol–water partition coefficient (Wildman–Crippen LogP) is 1.56. The topological polar surface area (TPSA) is 54.4 Å². The van der Waals surface area contributed by atoms with Gasteiger partial charge in [0, 0.05) is 0 Å². The molecule has 0 fully saturated rings. The van der Waals surface area contributed by atoms with Crippen LogP contribution in [0.5, 0.6) is 0 Å². The summed E-state index contributed by atoms with van der Waals surface area (Å²) in [7, 11) is -5.84. The summed E-state index contributed by atoms with van der Waals surface area (Å²) in [5.41, 5.74) is -4.40. The van der Waals surface area contributed by atoms with E-state index in [9.17, 15) is 13.2 Å². The van der Waals surface area contributed by atoms with Crippen LogP contribution in [0.4, 0.5) is 13.2 Å². The molecule has 0 atom stereocenters. The van der Waals surface area contributed by atoms with Crippen molar-refractivity contribution in [1.82, 2.24) is 0 Å². The molecule has 1 aromatic rings. The molecule has 0 aliphatic heterocycles. The Balaban J connectivity index is 0.000000304. The first-order valence-corrected chi connectivity index (χ1v) is 7.20. The van der Waals surface area contributed by atoms with Crippen LogP contribution < -0.4 is 0 Å². The van der Waals surface area contributed by atoms with E-state index < -0.39 is 15.6 Å². The molecule has 88 valence electrons. The van der Waals surface area contributed by atoms with Crippen LogP contribution in [0.15, 0.2) is 30.3 Å². The number of rotatable bonds is 0. The van der Waals surface area contributed by atoms with Crippen LogP contribution in [0.25, 0.3) is 0 Å². The molecular formula is C9H6F3KO3S. The average molecular weight is 290 g/mol. The molecule has 17 heavy (non-hydrogen) atoms. The van der Waals surface area contributed by atoms with Crippen LogP contribution in [-0.4, -0.2) is 67.4 Å². The van der Waals surface area contributed by atoms with E-state index in [1.165, 1.54) is 0 Å². The fraction of sp³-hybridized carbons (Fsp3) is 0.111. The molecule has 0 saturated carbocycles. The second-order valence-corrected chi connectivity index (χ2v) is 4.86. The van der Waals surface area contributed by atoms with Gasteiger partial charge in [0.25, 0.3) is 0 Å². The molecule has 1 rings (SSSR count). The standard InChI is InChI=1S/C8H5.CHF3O3S.K/c1-2-8-6-4-3-5-7-8;2-1(3,4)8(5,6)7;/h3-7H;(H,5,6,7);. The second kappa shape index (κ2) is 7.53. The Morgan fingerprint density at radius 3 is 1.88 bits per heavy atom. The fourth-order valence-corrected chi connectivity index (χ4v) is 1.12. The second-order valence-electron chi connectivity index (χ2n) is 2.66. The molecule has 0 spiro atoms. The Bertz CT molecular complexity index is 500. The van der Waals surface area contributed by atoms with E-state index >= 15 is 0 Å². The van der Waals surface area contributed by atoms with Crippen LogP contribution in [0, 0.1) is 5.94 Å². The van der Waals surface area contributed by atoms with Crippen molar-refractivity contribution >= 4 is 59.1 Å². The molecular weight excluding hydrogens is 284 g/mol. The molecule has 0 amide bonds. The monoisotopic (exact) mass is 290 g/mol. The Morgan fingerprint density at radius 2 is 1.59 bits per heavy atom. The summed E-state index contributed by atoms with van der Waals surface area (Å²) in [5, 5.41) is 0. The molecule has 0 aromatic heterocycles.